The lowest BCUT2D eigenvalue weighted by Crippen LogP contribution is -2.40. The Balaban J connectivity index is 4.14. The van der Waals surface area contributed by atoms with Crippen molar-refractivity contribution in [1.29, 1.82) is 0 Å². The molecule has 0 aromatic heterocycles. The summed E-state index contributed by atoms with van der Waals surface area (Å²) in [7, 11) is 1.30. The summed E-state index contributed by atoms with van der Waals surface area (Å²) in [6.45, 7) is 7.37. The molecule has 0 aliphatic rings. The summed E-state index contributed by atoms with van der Waals surface area (Å²) in [4.78, 5) is 27.4. The first-order valence-corrected chi connectivity index (χ1v) is 8.01. The van der Waals surface area contributed by atoms with Crippen LogP contribution in [0.4, 0.5) is 4.79 Å². The van der Waals surface area contributed by atoms with E-state index >= 15 is 0 Å². The molecule has 0 N–H and O–H groups in total. The number of hydrogen-bond donors (Lipinski definition) is 0. The summed E-state index contributed by atoms with van der Waals surface area (Å²) < 4.78 is 20.5. The summed E-state index contributed by atoms with van der Waals surface area (Å²) in [5, 5.41) is 3.34. The van der Waals surface area contributed by atoms with Crippen molar-refractivity contribution in [1.82, 2.24) is 4.90 Å². The Kier molecular flexibility index (Phi) is 12.2. The molecule has 25 heavy (non-hydrogen) atoms. The molecule has 10 nitrogen and oxygen atoms in total. The number of carbonyl (C=O) groups is 2. The number of ether oxygens (including phenoxy) is 4. The van der Waals surface area contributed by atoms with E-state index in [9.17, 15) is 9.59 Å². The van der Waals surface area contributed by atoms with Crippen molar-refractivity contribution < 1.29 is 28.5 Å². The number of amides is 1. The maximum absolute atomic E-state index is 12.2. The minimum atomic E-state index is -0.624. The first-order chi connectivity index (χ1) is 11.8. The number of azide groups is 1. The largest absolute Gasteiger partial charge is 0.469 e. The molecular formula is C15H28N4O6. The van der Waals surface area contributed by atoms with E-state index in [4.69, 9.17) is 19.7 Å². The highest BCUT2D eigenvalue weighted by Gasteiger charge is 2.22. The average Bonchev–Trinajstić information content (AvgIpc) is 2.53. The summed E-state index contributed by atoms with van der Waals surface area (Å²) in [5.41, 5.74) is 7.48. The van der Waals surface area contributed by atoms with Crippen molar-refractivity contribution in [3.63, 3.8) is 0 Å². The van der Waals surface area contributed by atoms with Gasteiger partial charge in [-0.25, -0.2) is 4.79 Å². The van der Waals surface area contributed by atoms with E-state index in [1.54, 1.807) is 20.8 Å². The molecule has 0 aromatic rings. The molecule has 0 fully saturated rings. The molecule has 0 aliphatic heterocycles. The van der Waals surface area contributed by atoms with Gasteiger partial charge < -0.3 is 23.8 Å². The molecule has 0 saturated heterocycles. The van der Waals surface area contributed by atoms with Gasteiger partial charge in [0.1, 0.15) is 5.60 Å². The second-order valence-corrected chi connectivity index (χ2v) is 5.97. The van der Waals surface area contributed by atoms with Crippen LogP contribution in [-0.2, 0) is 23.7 Å². The van der Waals surface area contributed by atoms with E-state index in [0.29, 0.717) is 19.8 Å². The van der Waals surface area contributed by atoms with Crippen LogP contribution in [0.2, 0.25) is 0 Å². The predicted molar refractivity (Wildman–Crippen MR) is 90.1 cm³/mol. The summed E-state index contributed by atoms with van der Waals surface area (Å²) in [5.74, 6) is -0.400. The maximum Gasteiger partial charge on any atom is 0.410 e. The van der Waals surface area contributed by atoms with Gasteiger partial charge >= 0.3 is 12.1 Å². The first kappa shape index (κ1) is 23.0. The van der Waals surface area contributed by atoms with Crippen molar-refractivity contribution in [2.75, 3.05) is 53.2 Å². The van der Waals surface area contributed by atoms with Crippen LogP contribution in [0.3, 0.4) is 0 Å². The van der Waals surface area contributed by atoms with Gasteiger partial charge in [0.15, 0.2) is 0 Å². The zero-order valence-corrected chi connectivity index (χ0v) is 15.4. The lowest BCUT2D eigenvalue weighted by molar-refractivity contribution is -0.140. The third-order valence-corrected chi connectivity index (χ3v) is 2.74. The van der Waals surface area contributed by atoms with Gasteiger partial charge in [0.05, 0.1) is 40.0 Å². The number of carbonyl (C=O) groups excluding carboxylic acids is 2. The van der Waals surface area contributed by atoms with Gasteiger partial charge in [-0.15, -0.1) is 0 Å². The van der Waals surface area contributed by atoms with E-state index in [1.807, 2.05) is 0 Å². The topological polar surface area (TPSA) is 123 Å². The highest BCUT2D eigenvalue weighted by atomic mass is 16.6. The van der Waals surface area contributed by atoms with E-state index in [1.165, 1.54) is 12.0 Å². The zero-order valence-electron chi connectivity index (χ0n) is 15.4. The highest BCUT2D eigenvalue weighted by molar-refractivity contribution is 5.72. The Bertz CT molecular complexity index is 446. The molecule has 0 bridgehead atoms. The third kappa shape index (κ3) is 14.1. The summed E-state index contributed by atoms with van der Waals surface area (Å²) >= 11 is 0. The molecule has 0 spiro atoms. The quantitative estimate of drug-likeness (QED) is 0.173. The Morgan fingerprint density at radius 1 is 1.08 bits per heavy atom. The van der Waals surface area contributed by atoms with Crippen molar-refractivity contribution in [3.8, 4) is 0 Å². The van der Waals surface area contributed by atoms with Gasteiger partial charge in [0, 0.05) is 24.5 Å². The van der Waals surface area contributed by atoms with Gasteiger partial charge in [0.2, 0.25) is 0 Å². The smallest absolute Gasteiger partial charge is 0.410 e. The fraction of sp³-hybridized carbons (Fsp3) is 0.867. The lowest BCUT2D eigenvalue weighted by Gasteiger charge is -2.27. The van der Waals surface area contributed by atoms with Crippen molar-refractivity contribution >= 4 is 12.1 Å². The maximum atomic E-state index is 12.2. The van der Waals surface area contributed by atoms with Crippen LogP contribution in [0.25, 0.3) is 10.4 Å². The summed E-state index contributed by atoms with van der Waals surface area (Å²) in [6.07, 6.45) is -0.427. The number of hydrogen-bond acceptors (Lipinski definition) is 7. The van der Waals surface area contributed by atoms with Crippen LogP contribution in [0.5, 0.6) is 0 Å². The summed E-state index contributed by atoms with van der Waals surface area (Å²) in [6, 6.07) is 0. The van der Waals surface area contributed by atoms with Gasteiger partial charge in [0.25, 0.3) is 0 Å². The Morgan fingerprint density at radius 3 is 2.28 bits per heavy atom. The molecule has 0 aromatic carbocycles. The van der Waals surface area contributed by atoms with Gasteiger partial charge in [-0.2, -0.15) is 0 Å². The van der Waals surface area contributed by atoms with Gasteiger partial charge in [-0.3, -0.25) is 4.79 Å². The van der Waals surface area contributed by atoms with Crippen LogP contribution < -0.4 is 0 Å². The normalized spacial score (nSPS) is 10.7. The van der Waals surface area contributed by atoms with E-state index in [-0.39, 0.29) is 32.7 Å². The average molecular weight is 360 g/mol. The molecule has 0 unspecified atom stereocenters. The lowest BCUT2D eigenvalue weighted by atomic mass is 10.2. The van der Waals surface area contributed by atoms with Gasteiger partial charge in [-0.1, -0.05) is 5.11 Å². The molecule has 0 aliphatic carbocycles. The van der Waals surface area contributed by atoms with Gasteiger partial charge in [-0.05, 0) is 26.3 Å². The number of methoxy groups -OCH3 is 1. The molecule has 1 amide bonds. The first-order valence-electron chi connectivity index (χ1n) is 8.01. The minimum Gasteiger partial charge on any atom is -0.469 e. The highest BCUT2D eigenvalue weighted by Crippen LogP contribution is 2.10. The molecule has 144 valence electrons. The Morgan fingerprint density at radius 2 is 1.72 bits per heavy atom. The van der Waals surface area contributed by atoms with Crippen LogP contribution >= 0.6 is 0 Å². The number of nitrogens with zero attached hydrogens (tertiary/aromatic N) is 4. The zero-order chi connectivity index (χ0) is 19.1. The molecule has 10 heteroatoms. The van der Waals surface area contributed by atoms with E-state index in [0.717, 1.165) is 0 Å². The van der Waals surface area contributed by atoms with Crippen LogP contribution in [0.1, 0.15) is 27.2 Å². The fourth-order valence-corrected chi connectivity index (χ4v) is 1.60. The molecule has 0 rings (SSSR count). The van der Waals surface area contributed by atoms with E-state index in [2.05, 4.69) is 14.8 Å². The van der Waals surface area contributed by atoms with E-state index < -0.39 is 17.7 Å². The molecule has 0 heterocycles. The van der Waals surface area contributed by atoms with Crippen LogP contribution in [0, 0.1) is 0 Å². The molecule has 0 radical (unpaired) electrons. The fourth-order valence-electron chi connectivity index (χ4n) is 1.60. The van der Waals surface area contributed by atoms with Crippen molar-refractivity contribution in [2.24, 2.45) is 5.11 Å². The van der Waals surface area contributed by atoms with Crippen LogP contribution in [-0.4, -0.2) is 75.7 Å². The number of rotatable bonds is 12. The minimum absolute atomic E-state index is 0.0816. The molecular weight excluding hydrogens is 332 g/mol. The second-order valence-electron chi connectivity index (χ2n) is 5.97. The van der Waals surface area contributed by atoms with Crippen molar-refractivity contribution in [2.45, 2.75) is 32.8 Å². The Hall–Kier alpha value is -2.03. The molecule has 0 atom stereocenters. The SMILES string of the molecule is COC(=O)CCN(CCOCCOCCN=[N+]=[N-])C(=O)OC(C)(C)C. The number of esters is 1. The Labute approximate surface area is 148 Å². The second kappa shape index (κ2) is 13.3. The monoisotopic (exact) mass is 360 g/mol. The van der Waals surface area contributed by atoms with Crippen molar-refractivity contribution in [3.05, 3.63) is 10.4 Å². The molecule has 0 saturated carbocycles. The standard InChI is InChI=1S/C15H28N4O6/c1-15(2,3)25-14(21)19(7-5-13(20)22-4)8-10-24-12-11-23-9-6-17-18-16/h5-12H2,1-4H3. The predicted octanol–water partition coefficient (Wildman–Crippen LogP) is 2.13. The third-order valence-electron chi connectivity index (χ3n) is 2.74. The van der Waals surface area contributed by atoms with Crippen LogP contribution in [0.15, 0.2) is 5.11 Å².